The molecule has 128 valence electrons. The molecule has 0 spiro atoms. The summed E-state index contributed by atoms with van der Waals surface area (Å²) in [4.78, 5) is 11.0. The molecule has 1 N–H and O–H groups in total. The van der Waals surface area contributed by atoms with Crippen LogP contribution in [0.2, 0.25) is 0 Å². The normalized spacial score (nSPS) is 17.3. The Labute approximate surface area is 151 Å². The third-order valence-corrected chi connectivity index (χ3v) is 5.18. The fourth-order valence-electron chi connectivity index (χ4n) is 3.91. The lowest BCUT2D eigenvalue weighted by molar-refractivity contribution is 0.295. The molecular formula is C21H19N5. The van der Waals surface area contributed by atoms with Crippen molar-refractivity contribution in [3.8, 4) is 11.3 Å². The summed E-state index contributed by atoms with van der Waals surface area (Å²) >= 11 is 0. The summed E-state index contributed by atoms with van der Waals surface area (Å²) in [5.41, 5.74) is 7.20. The average Bonchev–Trinajstić information content (AvgIpc) is 3.15. The van der Waals surface area contributed by atoms with Gasteiger partial charge in [0.1, 0.15) is 0 Å². The predicted molar refractivity (Wildman–Crippen MR) is 102 cm³/mol. The van der Waals surface area contributed by atoms with Crippen LogP contribution in [0.25, 0.3) is 22.2 Å². The summed E-state index contributed by atoms with van der Waals surface area (Å²) in [5, 5.41) is 8.38. The van der Waals surface area contributed by atoms with Crippen molar-refractivity contribution in [2.24, 2.45) is 0 Å². The first-order valence-corrected chi connectivity index (χ1v) is 8.79. The van der Waals surface area contributed by atoms with E-state index < -0.39 is 0 Å². The van der Waals surface area contributed by atoms with Crippen molar-refractivity contribution in [3.05, 3.63) is 77.9 Å². The van der Waals surface area contributed by atoms with Gasteiger partial charge in [0.2, 0.25) is 0 Å². The minimum Gasteiger partial charge on any atom is -0.301 e. The number of fused-ring (bicyclic) bond motifs is 2. The van der Waals surface area contributed by atoms with E-state index in [1.165, 1.54) is 16.7 Å². The van der Waals surface area contributed by atoms with Gasteiger partial charge in [-0.1, -0.05) is 24.3 Å². The molecule has 0 saturated heterocycles. The van der Waals surface area contributed by atoms with Crippen LogP contribution in [0.5, 0.6) is 0 Å². The van der Waals surface area contributed by atoms with Crippen LogP contribution in [0.1, 0.15) is 22.6 Å². The van der Waals surface area contributed by atoms with Gasteiger partial charge in [-0.05, 0) is 35.9 Å². The molecule has 0 bridgehead atoms. The summed E-state index contributed by atoms with van der Waals surface area (Å²) in [6.45, 7) is 1.96. The predicted octanol–water partition coefficient (Wildman–Crippen LogP) is 3.60. The van der Waals surface area contributed by atoms with Gasteiger partial charge >= 0.3 is 0 Å². The third-order valence-electron chi connectivity index (χ3n) is 5.18. The Balaban J connectivity index is 1.59. The molecule has 5 heteroatoms. The minimum atomic E-state index is 0.354. The number of nitrogens with one attached hydrogen (secondary N) is 1. The van der Waals surface area contributed by atoms with Crippen molar-refractivity contribution in [3.63, 3.8) is 0 Å². The number of aromatic nitrogens is 4. The monoisotopic (exact) mass is 341 g/mol. The number of nitrogens with zero attached hydrogens (tertiary/aromatic N) is 4. The van der Waals surface area contributed by atoms with Crippen molar-refractivity contribution >= 4 is 10.9 Å². The molecule has 0 aliphatic carbocycles. The van der Waals surface area contributed by atoms with Gasteiger partial charge in [0, 0.05) is 42.4 Å². The molecule has 5 rings (SSSR count). The zero-order chi connectivity index (χ0) is 17.5. The first-order valence-electron chi connectivity index (χ1n) is 8.79. The Morgan fingerprint density at radius 3 is 2.92 bits per heavy atom. The summed E-state index contributed by atoms with van der Waals surface area (Å²) in [6.07, 6.45) is 7.13. The van der Waals surface area contributed by atoms with E-state index in [-0.39, 0.29) is 0 Å². The van der Waals surface area contributed by atoms with Crippen LogP contribution < -0.4 is 0 Å². The molecule has 2 aromatic heterocycles. The van der Waals surface area contributed by atoms with E-state index in [0.717, 1.165) is 35.2 Å². The maximum Gasteiger partial charge on any atom is 0.0885 e. The smallest absolute Gasteiger partial charge is 0.0885 e. The molecule has 3 heterocycles. The Hall–Kier alpha value is -3.05. The zero-order valence-corrected chi connectivity index (χ0v) is 14.6. The Morgan fingerprint density at radius 2 is 2.04 bits per heavy atom. The minimum absolute atomic E-state index is 0.354. The second-order valence-electron chi connectivity index (χ2n) is 6.97. The molecule has 1 unspecified atom stereocenters. The van der Waals surface area contributed by atoms with Gasteiger partial charge in [-0.25, -0.2) is 0 Å². The quantitative estimate of drug-likeness (QED) is 0.605. The summed E-state index contributed by atoms with van der Waals surface area (Å²) < 4.78 is 0. The van der Waals surface area contributed by atoms with E-state index >= 15 is 0 Å². The summed E-state index contributed by atoms with van der Waals surface area (Å²) in [5.74, 6) is 0.354. The topological polar surface area (TPSA) is 57.7 Å². The molecule has 0 radical (unpaired) electrons. The largest absolute Gasteiger partial charge is 0.301 e. The summed E-state index contributed by atoms with van der Waals surface area (Å²) in [7, 11) is 2.18. The highest BCUT2D eigenvalue weighted by atomic mass is 15.1. The van der Waals surface area contributed by atoms with Crippen LogP contribution in [0.15, 0.2) is 61.2 Å². The van der Waals surface area contributed by atoms with E-state index in [9.17, 15) is 0 Å². The van der Waals surface area contributed by atoms with Gasteiger partial charge in [0.15, 0.2) is 0 Å². The number of H-pyrrole nitrogens is 1. The molecule has 0 amide bonds. The first kappa shape index (κ1) is 15.2. The fourth-order valence-corrected chi connectivity index (χ4v) is 3.91. The summed E-state index contributed by atoms with van der Waals surface area (Å²) in [6, 6.07) is 13.3. The van der Waals surface area contributed by atoms with Crippen LogP contribution in [0, 0.1) is 0 Å². The first-order chi connectivity index (χ1) is 12.8. The highest BCUT2D eigenvalue weighted by molar-refractivity contribution is 5.78. The van der Waals surface area contributed by atoms with Crippen molar-refractivity contribution in [1.82, 2.24) is 25.1 Å². The molecular weight excluding hydrogens is 322 g/mol. The Kier molecular flexibility index (Phi) is 3.53. The maximum atomic E-state index is 4.44. The van der Waals surface area contributed by atoms with Gasteiger partial charge in [-0.15, -0.1) is 0 Å². The molecule has 26 heavy (non-hydrogen) atoms. The Morgan fingerprint density at radius 1 is 1.08 bits per heavy atom. The molecule has 2 aromatic carbocycles. The van der Waals surface area contributed by atoms with Crippen molar-refractivity contribution in [2.75, 3.05) is 13.6 Å². The number of hydrogen-bond donors (Lipinski definition) is 1. The van der Waals surface area contributed by atoms with E-state index in [4.69, 9.17) is 0 Å². The SMILES string of the molecule is CN1Cc2cc(-c3cnccn3)ccc2C(c2ccc3cn[nH]c3c2)C1. The molecule has 0 fully saturated rings. The fraction of sp³-hybridized carbons (Fsp3) is 0.190. The van der Waals surface area contributed by atoms with Crippen LogP contribution >= 0.6 is 0 Å². The van der Waals surface area contributed by atoms with Crippen molar-refractivity contribution in [2.45, 2.75) is 12.5 Å². The molecule has 4 aromatic rings. The molecule has 1 aliphatic heterocycles. The second-order valence-corrected chi connectivity index (χ2v) is 6.97. The third kappa shape index (κ3) is 2.57. The van der Waals surface area contributed by atoms with Crippen LogP contribution in [0.4, 0.5) is 0 Å². The number of rotatable bonds is 2. The van der Waals surface area contributed by atoms with E-state index in [0.29, 0.717) is 5.92 Å². The lowest BCUT2D eigenvalue weighted by atomic mass is 9.83. The van der Waals surface area contributed by atoms with Crippen molar-refractivity contribution < 1.29 is 0 Å². The van der Waals surface area contributed by atoms with Crippen molar-refractivity contribution in [1.29, 1.82) is 0 Å². The van der Waals surface area contributed by atoms with Crippen LogP contribution in [-0.2, 0) is 6.54 Å². The van der Waals surface area contributed by atoms with E-state index in [1.54, 1.807) is 12.4 Å². The van der Waals surface area contributed by atoms with Gasteiger partial charge in [-0.2, -0.15) is 5.10 Å². The number of aromatic amines is 1. The highest BCUT2D eigenvalue weighted by Crippen LogP contribution is 2.35. The van der Waals surface area contributed by atoms with E-state index in [1.807, 2.05) is 12.4 Å². The molecule has 0 saturated carbocycles. The average molecular weight is 341 g/mol. The highest BCUT2D eigenvalue weighted by Gasteiger charge is 2.25. The Bertz CT molecular complexity index is 1070. The molecule has 5 nitrogen and oxygen atoms in total. The lowest BCUT2D eigenvalue weighted by Gasteiger charge is -2.33. The molecule has 1 aliphatic rings. The lowest BCUT2D eigenvalue weighted by Crippen LogP contribution is -2.31. The second kappa shape index (κ2) is 6.04. The van der Waals surface area contributed by atoms with Crippen LogP contribution in [0.3, 0.4) is 0 Å². The van der Waals surface area contributed by atoms with Gasteiger partial charge in [0.25, 0.3) is 0 Å². The number of hydrogen-bond acceptors (Lipinski definition) is 4. The standard InChI is InChI=1S/C21H19N5/c1-26-12-17-8-15(21-11-22-6-7-23-21)4-5-18(17)19(13-26)14-2-3-16-10-24-25-20(16)9-14/h2-11,19H,12-13H2,1H3,(H,24,25). The number of likely N-dealkylation sites (N-methyl/N-ethyl adjacent to an activating group) is 1. The zero-order valence-electron chi connectivity index (χ0n) is 14.6. The van der Waals surface area contributed by atoms with E-state index in [2.05, 4.69) is 68.5 Å². The molecule has 1 atom stereocenters. The van der Waals surface area contributed by atoms with Gasteiger partial charge in [0.05, 0.1) is 23.6 Å². The number of benzene rings is 2. The van der Waals surface area contributed by atoms with Gasteiger partial charge in [-0.3, -0.25) is 15.1 Å². The maximum absolute atomic E-state index is 4.44. The van der Waals surface area contributed by atoms with Crippen LogP contribution in [-0.4, -0.2) is 38.7 Å². The van der Waals surface area contributed by atoms with Gasteiger partial charge < -0.3 is 4.90 Å².